The fourth-order valence-electron chi connectivity index (χ4n) is 0.608. The van der Waals surface area contributed by atoms with Crippen molar-refractivity contribution >= 4 is 34.8 Å². The third-order valence-corrected chi connectivity index (χ3v) is 3.52. The molecule has 0 nitrogen and oxygen atoms in total. The summed E-state index contributed by atoms with van der Waals surface area (Å²) in [6.45, 7) is 0. The first kappa shape index (κ1) is 8.05. The van der Waals surface area contributed by atoms with Crippen molar-refractivity contribution in [2.75, 3.05) is 0 Å². The van der Waals surface area contributed by atoms with Crippen molar-refractivity contribution in [1.29, 1.82) is 0 Å². The molecule has 10 heavy (non-hydrogen) atoms. The molecule has 0 saturated heterocycles. The van der Waals surface area contributed by atoms with Crippen LogP contribution in [-0.2, 0) is 0 Å². The average Bonchev–Trinajstić information content (AvgIpc) is 1.88. The maximum Gasteiger partial charge on any atom is 0.266 e. The smallest absolute Gasteiger partial charge is 0.207 e. The number of halogens is 3. The third kappa shape index (κ3) is 1.97. The van der Waals surface area contributed by atoms with Crippen molar-refractivity contribution in [2.45, 2.75) is 0 Å². The Morgan fingerprint density at radius 2 is 1.60 bits per heavy atom. The molecule has 1 rings (SSSR count). The van der Waals surface area contributed by atoms with Crippen LogP contribution in [0.1, 0.15) is 0 Å². The van der Waals surface area contributed by atoms with Gasteiger partial charge in [-0.25, -0.2) is 4.39 Å². The standard InChI is InChI=1S/C6H5Cl2FSi/c7-10(8)6-3-1-5(9)2-4-6/h1-4,10H. The molecule has 0 atom stereocenters. The summed E-state index contributed by atoms with van der Waals surface area (Å²) in [5.74, 6) is -0.258. The van der Waals surface area contributed by atoms with Crippen LogP contribution < -0.4 is 5.19 Å². The molecular formula is C6H5Cl2FSi. The van der Waals surface area contributed by atoms with Gasteiger partial charge in [-0.15, -0.1) is 22.2 Å². The molecule has 0 N–H and O–H groups in total. The second-order valence-corrected chi connectivity index (χ2v) is 6.41. The lowest BCUT2D eigenvalue weighted by molar-refractivity contribution is 0.628. The highest BCUT2D eigenvalue weighted by Gasteiger charge is 2.04. The normalized spacial score (nSPS) is 10.4. The van der Waals surface area contributed by atoms with Gasteiger partial charge in [-0.1, -0.05) is 12.1 Å². The number of hydrogen-bond acceptors (Lipinski definition) is 0. The minimum Gasteiger partial charge on any atom is -0.207 e. The van der Waals surface area contributed by atoms with E-state index in [1.54, 1.807) is 12.1 Å². The number of rotatable bonds is 1. The minimum atomic E-state index is -1.77. The highest BCUT2D eigenvalue weighted by Crippen LogP contribution is 1.99. The lowest BCUT2D eigenvalue weighted by atomic mass is 10.3. The van der Waals surface area contributed by atoms with E-state index in [0.29, 0.717) is 0 Å². The Morgan fingerprint density at radius 1 is 1.10 bits per heavy atom. The van der Waals surface area contributed by atoms with Gasteiger partial charge in [0.1, 0.15) is 5.82 Å². The lowest BCUT2D eigenvalue weighted by Crippen LogP contribution is -2.17. The summed E-state index contributed by atoms with van der Waals surface area (Å²) in [7, 11) is -1.77. The van der Waals surface area contributed by atoms with Gasteiger partial charge in [0.15, 0.2) is 0 Å². The highest BCUT2D eigenvalue weighted by atomic mass is 35.7. The van der Waals surface area contributed by atoms with Crippen LogP contribution in [-0.4, -0.2) is 7.42 Å². The van der Waals surface area contributed by atoms with Crippen molar-refractivity contribution < 1.29 is 4.39 Å². The second-order valence-electron chi connectivity index (χ2n) is 1.85. The first-order valence-corrected chi connectivity index (χ1v) is 6.80. The molecule has 0 aliphatic rings. The molecule has 0 bridgehead atoms. The molecule has 1 aromatic rings. The maximum atomic E-state index is 12.3. The van der Waals surface area contributed by atoms with Gasteiger partial charge in [-0.3, -0.25) is 0 Å². The molecule has 54 valence electrons. The first-order valence-electron chi connectivity index (χ1n) is 2.74. The molecule has 0 aliphatic carbocycles. The zero-order valence-corrected chi connectivity index (χ0v) is 7.69. The topological polar surface area (TPSA) is 0 Å². The van der Waals surface area contributed by atoms with E-state index in [1.165, 1.54) is 12.1 Å². The minimum absolute atomic E-state index is 0.258. The van der Waals surface area contributed by atoms with Gasteiger partial charge in [-0.2, -0.15) is 0 Å². The molecule has 4 heteroatoms. The second kappa shape index (κ2) is 3.37. The van der Waals surface area contributed by atoms with Crippen molar-refractivity contribution in [3.8, 4) is 0 Å². The van der Waals surface area contributed by atoms with Crippen molar-refractivity contribution in [3.05, 3.63) is 30.1 Å². The van der Waals surface area contributed by atoms with E-state index in [0.717, 1.165) is 5.19 Å². The molecular weight excluding hydrogens is 190 g/mol. The predicted molar refractivity (Wildman–Crippen MR) is 44.9 cm³/mol. The van der Waals surface area contributed by atoms with E-state index < -0.39 is 7.42 Å². The molecule has 0 heterocycles. The van der Waals surface area contributed by atoms with E-state index in [-0.39, 0.29) is 5.82 Å². The van der Waals surface area contributed by atoms with Crippen LogP contribution in [0.25, 0.3) is 0 Å². The number of benzene rings is 1. The summed E-state index contributed by atoms with van der Waals surface area (Å²) >= 11 is 11.3. The molecule has 0 aromatic heterocycles. The van der Waals surface area contributed by atoms with Gasteiger partial charge < -0.3 is 0 Å². The van der Waals surface area contributed by atoms with Crippen LogP contribution in [0.4, 0.5) is 4.39 Å². The zero-order chi connectivity index (χ0) is 7.56. The Bertz CT molecular complexity index is 209. The van der Waals surface area contributed by atoms with Crippen LogP contribution >= 0.6 is 22.2 Å². The molecule has 0 amide bonds. The number of hydrogen-bond donors (Lipinski definition) is 0. The monoisotopic (exact) mass is 194 g/mol. The summed E-state index contributed by atoms with van der Waals surface area (Å²) in [6, 6.07) is 5.96. The van der Waals surface area contributed by atoms with Crippen molar-refractivity contribution in [2.24, 2.45) is 0 Å². The quantitative estimate of drug-likeness (QED) is 0.473. The summed E-state index contributed by atoms with van der Waals surface area (Å²) in [5, 5.41) is 0.852. The molecule has 0 radical (unpaired) electrons. The summed E-state index contributed by atoms with van der Waals surface area (Å²) < 4.78 is 12.3. The molecule has 1 aromatic carbocycles. The van der Waals surface area contributed by atoms with Gasteiger partial charge in [-0.05, 0) is 17.3 Å². The van der Waals surface area contributed by atoms with E-state index in [9.17, 15) is 4.39 Å². The summed E-state index contributed by atoms with van der Waals surface area (Å²) in [4.78, 5) is 0. The molecule has 0 unspecified atom stereocenters. The van der Waals surface area contributed by atoms with E-state index in [4.69, 9.17) is 22.2 Å². The Balaban J connectivity index is 2.89. The summed E-state index contributed by atoms with van der Waals surface area (Å²) in [6.07, 6.45) is 0. The Labute approximate surface area is 69.6 Å². The zero-order valence-electron chi connectivity index (χ0n) is 5.02. The Kier molecular flexibility index (Phi) is 2.71. The van der Waals surface area contributed by atoms with Gasteiger partial charge in [0.05, 0.1) is 0 Å². The molecule has 0 saturated carbocycles. The first-order chi connectivity index (χ1) is 4.70. The molecule has 0 spiro atoms. The predicted octanol–water partition coefficient (Wildman–Crippen LogP) is 1.73. The van der Waals surface area contributed by atoms with Crippen molar-refractivity contribution in [1.82, 2.24) is 0 Å². The average molecular weight is 195 g/mol. The van der Waals surface area contributed by atoms with Crippen LogP contribution in [0.2, 0.25) is 0 Å². The van der Waals surface area contributed by atoms with Crippen LogP contribution in [0, 0.1) is 5.82 Å². The van der Waals surface area contributed by atoms with Gasteiger partial charge in [0, 0.05) is 0 Å². The van der Waals surface area contributed by atoms with Crippen LogP contribution in [0.15, 0.2) is 24.3 Å². The largest absolute Gasteiger partial charge is 0.266 e. The molecule has 0 aliphatic heterocycles. The molecule has 0 fully saturated rings. The van der Waals surface area contributed by atoms with Gasteiger partial charge >= 0.3 is 0 Å². The maximum absolute atomic E-state index is 12.3. The SMILES string of the molecule is Fc1ccc([SiH](Cl)Cl)cc1. The fraction of sp³-hybridized carbons (Fsp3) is 0. The lowest BCUT2D eigenvalue weighted by Gasteiger charge is -1.96. The highest BCUT2D eigenvalue weighted by molar-refractivity contribution is 7.39. The van der Waals surface area contributed by atoms with E-state index in [1.807, 2.05) is 0 Å². The van der Waals surface area contributed by atoms with Gasteiger partial charge in [0.25, 0.3) is 7.42 Å². The third-order valence-electron chi connectivity index (χ3n) is 1.12. The van der Waals surface area contributed by atoms with E-state index >= 15 is 0 Å². The Morgan fingerprint density at radius 3 is 2.00 bits per heavy atom. The summed E-state index contributed by atoms with van der Waals surface area (Å²) in [5.41, 5.74) is 0. The van der Waals surface area contributed by atoms with E-state index in [2.05, 4.69) is 0 Å². The van der Waals surface area contributed by atoms with Crippen LogP contribution in [0.5, 0.6) is 0 Å². The van der Waals surface area contributed by atoms with Crippen LogP contribution in [0.3, 0.4) is 0 Å². The fourth-order valence-corrected chi connectivity index (χ4v) is 1.96. The van der Waals surface area contributed by atoms with Crippen molar-refractivity contribution in [3.63, 3.8) is 0 Å². The van der Waals surface area contributed by atoms with Gasteiger partial charge in [0.2, 0.25) is 0 Å². The Hall–Kier alpha value is -0.0531.